The first-order chi connectivity index (χ1) is 16.6. The van der Waals surface area contributed by atoms with E-state index in [0.29, 0.717) is 51.5 Å². The second kappa shape index (κ2) is 9.80. The second-order valence-corrected chi connectivity index (χ2v) is 8.46. The number of nitrogens with one attached hydrogen (secondary N) is 1. The highest BCUT2D eigenvalue weighted by molar-refractivity contribution is 6.34. The first-order valence-electron chi connectivity index (χ1n) is 11.0. The summed E-state index contributed by atoms with van der Waals surface area (Å²) in [6.45, 7) is 0.463. The van der Waals surface area contributed by atoms with Gasteiger partial charge < -0.3 is 25.0 Å². The molecule has 9 heteroatoms. The van der Waals surface area contributed by atoms with Crippen LogP contribution < -0.4 is 10.1 Å². The number of halogens is 1. The topological polar surface area (TPSA) is 109 Å². The van der Waals surface area contributed by atoms with Gasteiger partial charge in [-0.05, 0) is 37.1 Å². The zero-order valence-electron chi connectivity index (χ0n) is 18.2. The van der Waals surface area contributed by atoms with Crippen LogP contribution in [0.2, 0.25) is 5.02 Å². The van der Waals surface area contributed by atoms with Gasteiger partial charge >= 0.3 is 0 Å². The van der Waals surface area contributed by atoms with Crippen molar-refractivity contribution in [1.29, 1.82) is 0 Å². The molecule has 174 valence electrons. The number of aromatic nitrogens is 2. The van der Waals surface area contributed by atoms with Crippen LogP contribution in [0.1, 0.15) is 24.0 Å². The van der Waals surface area contributed by atoms with Crippen LogP contribution in [0, 0.1) is 0 Å². The monoisotopic (exact) mass is 478 g/mol. The Morgan fingerprint density at radius 1 is 1.12 bits per heavy atom. The number of anilines is 1. The third kappa shape index (κ3) is 4.61. The summed E-state index contributed by atoms with van der Waals surface area (Å²) >= 11 is 6.52. The molecule has 2 aliphatic heterocycles. The van der Waals surface area contributed by atoms with Crippen LogP contribution in [0.5, 0.6) is 11.5 Å². The Balaban J connectivity index is 1.41. The van der Waals surface area contributed by atoms with E-state index < -0.39 is 0 Å². The van der Waals surface area contributed by atoms with Crippen molar-refractivity contribution in [2.45, 2.75) is 25.0 Å². The highest BCUT2D eigenvalue weighted by Crippen LogP contribution is 2.40. The number of ether oxygens (including phenoxy) is 2. The van der Waals surface area contributed by atoms with Gasteiger partial charge in [-0.1, -0.05) is 29.8 Å². The standard InChI is InChI=1S/C25H23ClN4O4/c26-21-10-17(34-16-4-2-1-3-5-16)8-9-19(21)23(32)20-11-27-24-22(20)25(29-14-28-24)30-15-6-7-18(12-31)33-13-15/h1-5,8-11,14-15,18,31-32H,6-7,12-13H2,(H,28,29,30)/b23-20-/t15-,18+/m1/s1. The SMILES string of the molecule is OC[C@@H]1CC[C@@H](Nc2ncnc3c2/C(=C(\O)c2ccc(Oc4ccccc4)cc2Cl)C=N3)CO1. The first kappa shape index (κ1) is 22.3. The van der Waals surface area contributed by atoms with Gasteiger partial charge in [-0.3, -0.25) is 0 Å². The number of aliphatic hydroxyl groups is 2. The van der Waals surface area contributed by atoms with E-state index in [-0.39, 0.29) is 24.5 Å². The summed E-state index contributed by atoms with van der Waals surface area (Å²) in [4.78, 5) is 13.0. The van der Waals surface area contributed by atoms with Crippen molar-refractivity contribution in [1.82, 2.24) is 9.97 Å². The van der Waals surface area contributed by atoms with Crippen molar-refractivity contribution >= 4 is 40.8 Å². The molecule has 3 heterocycles. The first-order valence-corrected chi connectivity index (χ1v) is 11.3. The van der Waals surface area contributed by atoms with Crippen molar-refractivity contribution < 1.29 is 19.7 Å². The number of nitrogens with zero attached hydrogens (tertiary/aromatic N) is 3. The Morgan fingerprint density at radius 2 is 1.97 bits per heavy atom. The molecule has 5 rings (SSSR count). The number of benzene rings is 2. The third-order valence-electron chi connectivity index (χ3n) is 5.76. The molecular formula is C25H23ClN4O4. The van der Waals surface area contributed by atoms with Gasteiger partial charge in [0.05, 0.1) is 41.5 Å². The molecule has 2 atom stereocenters. The maximum atomic E-state index is 11.2. The van der Waals surface area contributed by atoms with Crippen molar-refractivity contribution in [2.24, 2.45) is 4.99 Å². The molecule has 0 amide bonds. The Bertz CT molecular complexity index is 1240. The van der Waals surface area contributed by atoms with Gasteiger partial charge in [0.25, 0.3) is 0 Å². The van der Waals surface area contributed by atoms with E-state index >= 15 is 0 Å². The minimum absolute atomic E-state index is 0.0140. The van der Waals surface area contributed by atoms with E-state index in [0.717, 1.165) is 12.8 Å². The zero-order valence-corrected chi connectivity index (χ0v) is 18.9. The fourth-order valence-electron chi connectivity index (χ4n) is 3.98. The molecule has 0 saturated carbocycles. The number of hydrogen-bond donors (Lipinski definition) is 3. The van der Waals surface area contributed by atoms with E-state index in [4.69, 9.17) is 21.1 Å². The van der Waals surface area contributed by atoms with Crippen LogP contribution >= 0.6 is 11.6 Å². The normalized spacial score (nSPS) is 20.6. The van der Waals surface area contributed by atoms with Crippen LogP contribution in [0.4, 0.5) is 11.6 Å². The van der Waals surface area contributed by atoms with E-state index in [2.05, 4.69) is 20.3 Å². The van der Waals surface area contributed by atoms with Crippen molar-refractivity contribution in [2.75, 3.05) is 18.5 Å². The number of fused-ring (bicyclic) bond motifs is 1. The van der Waals surface area contributed by atoms with E-state index in [1.54, 1.807) is 24.4 Å². The van der Waals surface area contributed by atoms with Crippen LogP contribution in [0.15, 0.2) is 59.9 Å². The zero-order chi connectivity index (χ0) is 23.5. The molecule has 1 saturated heterocycles. The average molecular weight is 479 g/mol. The Labute approximate surface area is 201 Å². The number of hydrogen-bond acceptors (Lipinski definition) is 8. The lowest BCUT2D eigenvalue weighted by Crippen LogP contribution is -2.36. The van der Waals surface area contributed by atoms with Crippen molar-refractivity contribution in [3.63, 3.8) is 0 Å². The lowest BCUT2D eigenvalue weighted by Gasteiger charge is -2.29. The molecule has 8 nitrogen and oxygen atoms in total. The summed E-state index contributed by atoms with van der Waals surface area (Å²) in [5.74, 6) is 2.24. The number of aliphatic imine (C=N–C) groups is 1. The summed E-state index contributed by atoms with van der Waals surface area (Å²) < 4.78 is 11.5. The molecule has 0 spiro atoms. The molecule has 34 heavy (non-hydrogen) atoms. The van der Waals surface area contributed by atoms with Crippen molar-refractivity contribution in [3.05, 3.63) is 71.0 Å². The quantitative estimate of drug-likeness (QED) is 0.427. The smallest absolute Gasteiger partial charge is 0.165 e. The average Bonchev–Trinajstić information content (AvgIpc) is 3.30. The van der Waals surface area contributed by atoms with E-state index in [9.17, 15) is 10.2 Å². The molecule has 1 aromatic heterocycles. The molecule has 0 unspecified atom stereocenters. The lowest BCUT2D eigenvalue weighted by atomic mass is 10.0. The third-order valence-corrected chi connectivity index (χ3v) is 6.07. The second-order valence-electron chi connectivity index (χ2n) is 8.05. The van der Waals surface area contributed by atoms with Crippen LogP contribution in [-0.2, 0) is 4.74 Å². The number of allylic oxidation sites excluding steroid dienone is 1. The largest absolute Gasteiger partial charge is 0.507 e. The van der Waals surface area contributed by atoms with E-state index in [1.165, 1.54) is 6.33 Å². The highest BCUT2D eigenvalue weighted by atomic mass is 35.5. The number of para-hydroxylation sites is 1. The maximum absolute atomic E-state index is 11.2. The summed E-state index contributed by atoms with van der Waals surface area (Å²) in [7, 11) is 0. The molecule has 0 aliphatic carbocycles. The molecule has 3 aromatic rings. The predicted octanol–water partition coefficient (Wildman–Crippen LogP) is 5.02. The fourth-order valence-corrected chi connectivity index (χ4v) is 4.24. The number of rotatable bonds is 6. The maximum Gasteiger partial charge on any atom is 0.165 e. The summed E-state index contributed by atoms with van der Waals surface area (Å²) in [6, 6.07) is 14.5. The Morgan fingerprint density at radius 3 is 2.71 bits per heavy atom. The summed E-state index contributed by atoms with van der Waals surface area (Å²) in [5.41, 5.74) is 1.52. The van der Waals surface area contributed by atoms with Gasteiger partial charge in [0, 0.05) is 17.8 Å². The van der Waals surface area contributed by atoms with Crippen LogP contribution in [0.25, 0.3) is 11.3 Å². The van der Waals surface area contributed by atoms with Gasteiger partial charge in [-0.25, -0.2) is 15.0 Å². The molecule has 3 N–H and O–H groups in total. The van der Waals surface area contributed by atoms with Gasteiger partial charge in [-0.15, -0.1) is 0 Å². The Kier molecular flexibility index (Phi) is 6.44. The fraction of sp³-hybridized carbons (Fsp3) is 0.240. The molecule has 1 fully saturated rings. The van der Waals surface area contributed by atoms with E-state index in [1.807, 2.05) is 30.3 Å². The Hall–Kier alpha value is -3.46. The summed E-state index contributed by atoms with van der Waals surface area (Å²) in [6.07, 6.45) is 4.43. The molecule has 0 radical (unpaired) electrons. The molecular weight excluding hydrogens is 456 g/mol. The van der Waals surface area contributed by atoms with Crippen LogP contribution in [-0.4, -0.2) is 51.8 Å². The van der Waals surface area contributed by atoms with Crippen molar-refractivity contribution in [3.8, 4) is 11.5 Å². The molecule has 2 aliphatic rings. The lowest BCUT2D eigenvalue weighted by molar-refractivity contribution is -0.0224. The predicted molar refractivity (Wildman–Crippen MR) is 131 cm³/mol. The summed E-state index contributed by atoms with van der Waals surface area (Å²) in [5, 5.41) is 24.1. The van der Waals surface area contributed by atoms with Gasteiger partial charge in [0.15, 0.2) is 5.82 Å². The van der Waals surface area contributed by atoms with Gasteiger partial charge in [0.2, 0.25) is 0 Å². The molecule has 2 aromatic carbocycles. The minimum atomic E-state index is -0.131. The van der Waals surface area contributed by atoms with Crippen LogP contribution in [0.3, 0.4) is 0 Å². The minimum Gasteiger partial charge on any atom is -0.507 e. The molecule has 0 bridgehead atoms. The van der Waals surface area contributed by atoms with Gasteiger partial charge in [-0.2, -0.15) is 0 Å². The number of aliphatic hydroxyl groups excluding tert-OH is 2. The highest BCUT2D eigenvalue weighted by Gasteiger charge is 2.27. The van der Waals surface area contributed by atoms with Gasteiger partial charge in [0.1, 0.15) is 29.4 Å².